The number of hydrogen-bond donors (Lipinski definition) is 1. The van der Waals surface area contributed by atoms with E-state index in [1.54, 1.807) is 0 Å². The van der Waals surface area contributed by atoms with Gasteiger partial charge in [0.25, 0.3) is 0 Å². The largest absolute Gasteiger partial charge is 0.396 e. The minimum atomic E-state index is -0.0394. The number of ketones is 1. The summed E-state index contributed by atoms with van der Waals surface area (Å²) in [6.07, 6.45) is 1.35. The second kappa shape index (κ2) is 5.55. The van der Waals surface area contributed by atoms with E-state index in [1.165, 1.54) is 0 Å². The van der Waals surface area contributed by atoms with Crippen LogP contribution < -0.4 is 0 Å². The zero-order chi connectivity index (χ0) is 10.4. The molecule has 0 radical (unpaired) electrons. The summed E-state index contributed by atoms with van der Waals surface area (Å²) in [7, 11) is 0. The molecule has 0 heterocycles. The Morgan fingerprint density at radius 1 is 1.36 bits per heavy atom. The van der Waals surface area contributed by atoms with Gasteiger partial charge in [0.1, 0.15) is 0 Å². The van der Waals surface area contributed by atoms with Crippen molar-refractivity contribution in [2.24, 2.45) is 5.92 Å². The van der Waals surface area contributed by atoms with Crippen LogP contribution in [0.5, 0.6) is 0 Å². The van der Waals surface area contributed by atoms with Crippen LogP contribution in [0.3, 0.4) is 0 Å². The van der Waals surface area contributed by atoms with E-state index in [9.17, 15) is 4.79 Å². The van der Waals surface area contributed by atoms with Crippen LogP contribution in [0.25, 0.3) is 0 Å². The van der Waals surface area contributed by atoms with Crippen LogP contribution in [-0.2, 0) is 0 Å². The summed E-state index contributed by atoms with van der Waals surface area (Å²) in [6.45, 7) is 2.05. The number of hydrogen-bond acceptors (Lipinski definition) is 2. The van der Waals surface area contributed by atoms with Gasteiger partial charge in [0, 0.05) is 18.1 Å². The predicted molar refractivity (Wildman–Crippen MR) is 56.3 cm³/mol. The van der Waals surface area contributed by atoms with E-state index in [2.05, 4.69) is 0 Å². The van der Waals surface area contributed by atoms with E-state index in [1.807, 2.05) is 37.3 Å². The maximum atomic E-state index is 11.9. The first-order chi connectivity index (χ1) is 6.79. The first-order valence-electron chi connectivity index (χ1n) is 4.99. The molecule has 2 nitrogen and oxygen atoms in total. The molecule has 0 aliphatic heterocycles. The molecule has 1 aromatic rings. The van der Waals surface area contributed by atoms with Crippen LogP contribution in [0.2, 0.25) is 0 Å². The Balaban J connectivity index is 2.73. The summed E-state index contributed by atoms with van der Waals surface area (Å²) in [5, 5.41) is 8.81. The second-order valence-electron chi connectivity index (χ2n) is 3.35. The lowest BCUT2D eigenvalue weighted by Crippen LogP contribution is -2.15. The standard InChI is InChI=1S/C12H16O2/c1-2-10(8-9-13)12(14)11-6-4-3-5-7-11/h3-7,10,13H,2,8-9H2,1H3. The van der Waals surface area contributed by atoms with Crippen molar-refractivity contribution in [1.29, 1.82) is 0 Å². The molecule has 0 aliphatic carbocycles. The molecule has 1 unspecified atom stereocenters. The van der Waals surface area contributed by atoms with E-state index >= 15 is 0 Å². The summed E-state index contributed by atoms with van der Waals surface area (Å²) >= 11 is 0. The van der Waals surface area contributed by atoms with Gasteiger partial charge in [0.2, 0.25) is 0 Å². The van der Waals surface area contributed by atoms with E-state index in [-0.39, 0.29) is 18.3 Å². The smallest absolute Gasteiger partial charge is 0.166 e. The van der Waals surface area contributed by atoms with Gasteiger partial charge in [-0.15, -0.1) is 0 Å². The summed E-state index contributed by atoms with van der Waals surface area (Å²) in [6, 6.07) is 9.26. The van der Waals surface area contributed by atoms with Crippen molar-refractivity contribution in [3.63, 3.8) is 0 Å². The second-order valence-corrected chi connectivity index (χ2v) is 3.35. The van der Waals surface area contributed by atoms with Crippen molar-refractivity contribution < 1.29 is 9.90 Å². The third-order valence-corrected chi connectivity index (χ3v) is 2.40. The average Bonchev–Trinajstić information content (AvgIpc) is 2.26. The fourth-order valence-electron chi connectivity index (χ4n) is 1.51. The van der Waals surface area contributed by atoms with Crippen molar-refractivity contribution in [2.75, 3.05) is 6.61 Å². The summed E-state index contributed by atoms with van der Waals surface area (Å²) < 4.78 is 0. The first kappa shape index (κ1) is 10.9. The number of benzene rings is 1. The van der Waals surface area contributed by atoms with Gasteiger partial charge in [-0.2, -0.15) is 0 Å². The van der Waals surface area contributed by atoms with E-state index in [0.717, 1.165) is 12.0 Å². The fraction of sp³-hybridized carbons (Fsp3) is 0.417. The third-order valence-electron chi connectivity index (χ3n) is 2.40. The zero-order valence-corrected chi connectivity index (χ0v) is 8.44. The molecule has 0 aliphatic rings. The SMILES string of the molecule is CCC(CCO)C(=O)c1ccccc1. The van der Waals surface area contributed by atoms with E-state index in [4.69, 9.17) is 5.11 Å². The van der Waals surface area contributed by atoms with Crippen molar-refractivity contribution in [3.05, 3.63) is 35.9 Å². The Labute approximate surface area is 84.6 Å². The van der Waals surface area contributed by atoms with Gasteiger partial charge in [-0.25, -0.2) is 0 Å². The number of aliphatic hydroxyl groups excluding tert-OH is 1. The molecule has 1 atom stereocenters. The lowest BCUT2D eigenvalue weighted by Gasteiger charge is -2.11. The first-order valence-corrected chi connectivity index (χ1v) is 4.99. The number of Topliss-reactive ketones (excluding diaryl/α,β-unsaturated/α-hetero) is 1. The van der Waals surface area contributed by atoms with Crippen LogP contribution in [0.1, 0.15) is 30.1 Å². The minimum absolute atomic E-state index is 0.0394. The van der Waals surface area contributed by atoms with Gasteiger partial charge >= 0.3 is 0 Å². The van der Waals surface area contributed by atoms with Crippen molar-refractivity contribution >= 4 is 5.78 Å². The Morgan fingerprint density at radius 2 is 2.00 bits per heavy atom. The molecule has 0 bridgehead atoms. The maximum absolute atomic E-state index is 11.9. The Kier molecular flexibility index (Phi) is 4.33. The molecule has 0 spiro atoms. The Bertz CT molecular complexity index is 280. The Hall–Kier alpha value is -1.15. The van der Waals surface area contributed by atoms with Crippen LogP contribution in [0.15, 0.2) is 30.3 Å². The predicted octanol–water partition coefficient (Wildman–Crippen LogP) is 2.28. The zero-order valence-electron chi connectivity index (χ0n) is 8.44. The Morgan fingerprint density at radius 3 is 2.50 bits per heavy atom. The normalized spacial score (nSPS) is 12.4. The number of aliphatic hydroxyl groups is 1. The highest BCUT2D eigenvalue weighted by Gasteiger charge is 2.16. The molecular formula is C12H16O2. The van der Waals surface area contributed by atoms with Crippen molar-refractivity contribution in [2.45, 2.75) is 19.8 Å². The van der Waals surface area contributed by atoms with Crippen LogP contribution in [0.4, 0.5) is 0 Å². The van der Waals surface area contributed by atoms with Gasteiger partial charge in [-0.3, -0.25) is 4.79 Å². The maximum Gasteiger partial charge on any atom is 0.166 e. The molecule has 1 aromatic carbocycles. The molecular weight excluding hydrogens is 176 g/mol. The molecule has 14 heavy (non-hydrogen) atoms. The number of carbonyl (C=O) groups is 1. The van der Waals surface area contributed by atoms with Gasteiger partial charge in [-0.1, -0.05) is 37.3 Å². The highest BCUT2D eigenvalue weighted by Crippen LogP contribution is 2.15. The summed E-state index contributed by atoms with van der Waals surface area (Å²) in [4.78, 5) is 11.9. The molecule has 1 N–H and O–H groups in total. The molecule has 0 amide bonds. The summed E-state index contributed by atoms with van der Waals surface area (Å²) in [5.74, 6) is 0.101. The lowest BCUT2D eigenvalue weighted by atomic mass is 9.93. The van der Waals surface area contributed by atoms with Crippen molar-refractivity contribution in [1.82, 2.24) is 0 Å². The van der Waals surface area contributed by atoms with Crippen LogP contribution in [0, 0.1) is 5.92 Å². The van der Waals surface area contributed by atoms with Crippen LogP contribution >= 0.6 is 0 Å². The molecule has 2 heteroatoms. The fourth-order valence-corrected chi connectivity index (χ4v) is 1.51. The summed E-state index contributed by atoms with van der Waals surface area (Å²) in [5.41, 5.74) is 0.743. The number of rotatable bonds is 5. The van der Waals surface area contributed by atoms with Gasteiger partial charge in [-0.05, 0) is 12.8 Å². The molecule has 0 saturated carbocycles. The molecule has 1 rings (SSSR count). The molecule has 76 valence electrons. The monoisotopic (exact) mass is 192 g/mol. The van der Waals surface area contributed by atoms with Gasteiger partial charge < -0.3 is 5.11 Å². The van der Waals surface area contributed by atoms with Gasteiger partial charge in [0.05, 0.1) is 0 Å². The topological polar surface area (TPSA) is 37.3 Å². The van der Waals surface area contributed by atoms with E-state index < -0.39 is 0 Å². The van der Waals surface area contributed by atoms with Crippen molar-refractivity contribution in [3.8, 4) is 0 Å². The third kappa shape index (κ3) is 2.67. The van der Waals surface area contributed by atoms with Gasteiger partial charge in [0.15, 0.2) is 5.78 Å². The quantitative estimate of drug-likeness (QED) is 0.727. The molecule has 0 saturated heterocycles. The molecule has 0 aromatic heterocycles. The average molecular weight is 192 g/mol. The highest BCUT2D eigenvalue weighted by molar-refractivity contribution is 5.97. The van der Waals surface area contributed by atoms with E-state index in [0.29, 0.717) is 6.42 Å². The highest BCUT2D eigenvalue weighted by atomic mass is 16.3. The minimum Gasteiger partial charge on any atom is -0.396 e. The molecule has 0 fully saturated rings. The number of carbonyl (C=O) groups excluding carboxylic acids is 1. The van der Waals surface area contributed by atoms with Crippen LogP contribution in [-0.4, -0.2) is 17.5 Å². The lowest BCUT2D eigenvalue weighted by molar-refractivity contribution is 0.0891.